The lowest BCUT2D eigenvalue weighted by Gasteiger charge is -2.22. The van der Waals surface area contributed by atoms with Crippen LogP contribution >= 0.6 is 11.8 Å². The number of nitrogens with zero attached hydrogens (tertiary/aromatic N) is 3. The predicted octanol–water partition coefficient (Wildman–Crippen LogP) is 3.21. The third-order valence-corrected chi connectivity index (χ3v) is 6.14. The molecule has 1 heterocycles. The summed E-state index contributed by atoms with van der Waals surface area (Å²) < 4.78 is 1.37. The number of nitrogens with two attached hydrogens (primary N) is 1. The van der Waals surface area contributed by atoms with Crippen molar-refractivity contribution in [2.45, 2.75) is 69.5 Å². The van der Waals surface area contributed by atoms with Gasteiger partial charge in [0.25, 0.3) is 0 Å². The summed E-state index contributed by atoms with van der Waals surface area (Å²) in [6, 6.07) is 7.74. The van der Waals surface area contributed by atoms with E-state index in [0.717, 1.165) is 43.0 Å². The Morgan fingerprint density at radius 3 is 2.43 bits per heavy atom. The van der Waals surface area contributed by atoms with E-state index in [4.69, 9.17) is 5.84 Å². The van der Waals surface area contributed by atoms with E-state index in [2.05, 4.69) is 53.7 Å². The smallest absolute Gasteiger partial charge is 0.321 e. The van der Waals surface area contributed by atoms with Gasteiger partial charge >= 0.3 is 6.03 Å². The largest absolute Gasteiger partial charge is 0.335 e. The maximum absolute atomic E-state index is 12.1. The molecule has 1 aliphatic rings. The fourth-order valence-corrected chi connectivity index (χ4v) is 4.11. The zero-order valence-corrected chi connectivity index (χ0v) is 18.6. The number of amides is 3. The normalized spacial score (nSPS) is 15.0. The van der Waals surface area contributed by atoms with E-state index >= 15 is 0 Å². The lowest BCUT2D eigenvalue weighted by Crippen LogP contribution is -2.45. The number of carbonyl (C=O) groups is 2. The molecule has 1 fully saturated rings. The molecule has 1 aromatic carbocycles. The van der Waals surface area contributed by atoms with E-state index in [9.17, 15) is 9.59 Å². The van der Waals surface area contributed by atoms with Crippen molar-refractivity contribution in [3.8, 4) is 11.4 Å². The van der Waals surface area contributed by atoms with Crippen LogP contribution in [0.4, 0.5) is 4.79 Å². The van der Waals surface area contributed by atoms with Crippen LogP contribution in [0.15, 0.2) is 29.4 Å². The number of nitrogens with one attached hydrogen (secondary N) is 2. The van der Waals surface area contributed by atoms with Crippen molar-refractivity contribution in [1.82, 2.24) is 25.5 Å². The lowest BCUT2D eigenvalue weighted by atomic mass is 9.87. The first kappa shape index (κ1) is 22.1. The van der Waals surface area contributed by atoms with Gasteiger partial charge in [0.05, 0.1) is 5.75 Å². The second-order valence-electron chi connectivity index (χ2n) is 8.65. The quantitative estimate of drug-likeness (QED) is 0.496. The number of thioether (sulfide) groups is 1. The van der Waals surface area contributed by atoms with E-state index in [1.807, 2.05) is 12.1 Å². The average molecular weight is 431 g/mol. The summed E-state index contributed by atoms with van der Waals surface area (Å²) >= 11 is 1.14. The Bertz CT molecular complexity index is 882. The second kappa shape index (κ2) is 9.51. The van der Waals surface area contributed by atoms with Crippen LogP contribution in [-0.4, -0.2) is 38.6 Å². The van der Waals surface area contributed by atoms with Gasteiger partial charge in [0.15, 0.2) is 5.82 Å². The highest BCUT2D eigenvalue weighted by molar-refractivity contribution is 7.99. The van der Waals surface area contributed by atoms with Gasteiger partial charge in [-0.05, 0) is 23.8 Å². The van der Waals surface area contributed by atoms with Crippen LogP contribution in [0, 0.1) is 0 Å². The molecule has 0 atom stereocenters. The van der Waals surface area contributed by atoms with E-state index in [1.165, 1.54) is 16.7 Å². The molecule has 9 heteroatoms. The van der Waals surface area contributed by atoms with Gasteiger partial charge in [-0.3, -0.25) is 10.1 Å². The number of aromatic nitrogens is 3. The summed E-state index contributed by atoms with van der Waals surface area (Å²) in [5.41, 5.74) is 2.13. The van der Waals surface area contributed by atoms with Gasteiger partial charge in [-0.25, -0.2) is 9.47 Å². The van der Waals surface area contributed by atoms with Gasteiger partial charge < -0.3 is 11.2 Å². The van der Waals surface area contributed by atoms with Gasteiger partial charge in [0, 0.05) is 11.6 Å². The fourth-order valence-electron chi connectivity index (χ4n) is 3.45. The number of rotatable bonds is 5. The van der Waals surface area contributed by atoms with Crippen LogP contribution in [0.25, 0.3) is 11.4 Å². The number of hydrogen-bond acceptors (Lipinski definition) is 6. The molecule has 0 radical (unpaired) electrons. The Morgan fingerprint density at radius 1 is 1.13 bits per heavy atom. The highest BCUT2D eigenvalue weighted by Gasteiger charge is 2.19. The SMILES string of the molecule is CC(C)(C)c1ccc(-c2nnc(SCC(=O)NC(=O)NC3CCCCC3)n2N)cc1. The van der Waals surface area contributed by atoms with Crippen LogP contribution in [0.3, 0.4) is 0 Å². The molecule has 0 unspecified atom stereocenters. The number of urea groups is 1. The average Bonchev–Trinajstić information content (AvgIpc) is 3.07. The van der Waals surface area contributed by atoms with E-state index in [-0.39, 0.29) is 17.2 Å². The minimum absolute atomic E-state index is 0.0242. The van der Waals surface area contributed by atoms with Crippen molar-refractivity contribution >= 4 is 23.7 Å². The van der Waals surface area contributed by atoms with Crippen LogP contribution < -0.4 is 16.5 Å². The van der Waals surface area contributed by atoms with Crippen LogP contribution in [0.5, 0.6) is 0 Å². The Hall–Kier alpha value is -2.55. The van der Waals surface area contributed by atoms with Crippen molar-refractivity contribution < 1.29 is 9.59 Å². The predicted molar refractivity (Wildman–Crippen MR) is 119 cm³/mol. The highest BCUT2D eigenvalue weighted by Crippen LogP contribution is 2.26. The Labute approximate surface area is 181 Å². The Balaban J connectivity index is 1.53. The van der Waals surface area contributed by atoms with Crippen molar-refractivity contribution in [3.05, 3.63) is 29.8 Å². The van der Waals surface area contributed by atoms with Crippen molar-refractivity contribution in [3.63, 3.8) is 0 Å². The summed E-state index contributed by atoms with van der Waals surface area (Å²) in [6.45, 7) is 6.47. The third-order valence-electron chi connectivity index (χ3n) is 5.20. The van der Waals surface area contributed by atoms with E-state index in [1.54, 1.807) is 0 Å². The molecule has 0 aliphatic heterocycles. The first-order valence-corrected chi connectivity index (χ1v) is 11.3. The number of hydrogen-bond donors (Lipinski definition) is 3. The van der Waals surface area contributed by atoms with Crippen molar-refractivity contribution in [2.24, 2.45) is 0 Å². The molecular formula is C21H30N6O2S. The number of benzene rings is 1. The molecule has 0 bridgehead atoms. The fraction of sp³-hybridized carbons (Fsp3) is 0.524. The molecule has 2 aromatic rings. The van der Waals surface area contributed by atoms with Crippen LogP contribution in [0.1, 0.15) is 58.4 Å². The Morgan fingerprint density at radius 2 is 1.80 bits per heavy atom. The minimum Gasteiger partial charge on any atom is -0.335 e. The van der Waals surface area contributed by atoms with E-state index < -0.39 is 11.9 Å². The molecule has 3 amide bonds. The molecule has 0 spiro atoms. The molecule has 4 N–H and O–H groups in total. The van der Waals surface area contributed by atoms with Gasteiger partial charge in [0.2, 0.25) is 11.1 Å². The third kappa shape index (κ3) is 5.75. The van der Waals surface area contributed by atoms with Gasteiger partial charge in [-0.1, -0.05) is 76.1 Å². The topological polar surface area (TPSA) is 115 Å². The molecule has 1 aromatic heterocycles. The maximum Gasteiger partial charge on any atom is 0.321 e. The molecule has 162 valence electrons. The first-order chi connectivity index (χ1) is 14.2. The maximum atomic E-state index is 12.1. The zero-order valence-electron chi connectivity index (χ0n) is 17.8. The molecule has 1 saturated carbocycles. The van der Waals surface area contributed by atoms with E-state index in [0.29, 0.717) is 11.0 Å². The standard InChI is InChI=1S/C21H30N6O2S/c1-21(2,3)15-11-9-14(10-12-15)18-25-26-20(27(18)22)30-13-17(28)24-19(29)23-16-7-5-4-6-8-16/h9-12,16H,4-8,13,22H2,1-3H3,(H2,23,24,28,29). The monoisotopic (exact) mass is 430 g/mol. The summed E-state index contributed by atoms with van der Waals surface area (Å²) in [4.78, 5) is 24.1. The first-order valence-electron chi connectivity index (χ1n) is 10.3. The lowest BCUT2D eigenvalue weighted by molar-refractivity contribution is -0.117. The number of nitrogen functional groups attached to an aromatic ring is 1. The summed E-state index contributed by atoms with van der Waals surface area (Å²) in [5, 5.41) is 13.9. The van der Waals surface area contributed by atoms with Crippen molar-refractivity contribution in [1.29, 1.82) is 0 Å². The molecule has 3 rings (SSSR count). The molecule has 0 saturated heterocycles. The summed E-state index contributed by atoms with van der Waals surface area (Å²) in [5.74, 6) is 6.28. The summed E-state index contributed by atoms with van der Waals surface area (Å²) in [7, 11) is 0. The molecular weight excluding hydrogens is 400 g/mol. The molecule has 8 nitrogen and oxygen atoms in total. The zero-order chi connectivity index (χ0) is 21.7. The molecule has 1 aliphatic carbocycles. The molecule has 30 heavy (non-hydrogen) atoms. The minimum atomic E-state index is -0.443. The second-order valence-corrected chi connectivity index (χ2v) is 9.59. The number of imide groups is 1. The van der Waals surface area contributed by atoms with Crippen LogP contribution in [-0.2, 0) is 10.2 Å². The summed E-state index contributed by atoms with van der Waals surface area (Å²) in [6.07, 6.45) is 5.36. The Kier molecular flexibility index (Phi) is 7.02. The van der Waals surface area contributed by atoms with Crippen molar-refractivity contribution in [2.75, 3.05) is 11.6 Å². The van der Waals surface area contributed by atoms with Crippen LogP contribution in [0.2, 0.25) is 0 Å². The van der Waals surface area contributed by atoms with Gasteiger partial charge in [0.1, 0.15) is 0 Å². The number of carbonyl (C=O) groups excluding carboxylic acids is 2. The highest BCUT2D eigenvalue weighted by atomic mass is 32.2. The van der Waals surface area contributed by atoms with Gasteiger partial charge in [-0.2, -0.15) is 0 Å². The van der Waals surface area contributed by atoms with Gasteiger partial charge in [-0.15, -0.1) is 10.2 Å².